The molecule has 0 bridgehead atoms. The van der Waals surface area contributed by atoms with Crippen molar-refractivity contribution < 1.29 is 54.3 Å². The molecule has 0 saturated carbocycles. The van der Waals surface area contributed by atoms with Crippen molar-refractivity contribution in [1.29, 1.82) is 0 Å². The zero-order chi connectivity index (χ0) is 12.8. The van der Waals surface area contributed by atoms with Crippen LogP contribution in [0.4, 0.5) is 0 Å². The maximum absolute atomic E-state index is 11.6. The first-order chi connectivity index (χ1) is 8.75. The SMILES string of the molecule is O=C(NC1C=CCC[N-]1)C(=O)NC1CCCC[N-]1.[Ag+].[Ag+].[NH2-]. The van der Waals surface area contributed by atoms with E-state index in [0.29, 0.717) is 6.54 Å². The fourth-order valence-electron chi connectivity index (χ4n) is 1.99. The Morgan fingerprint density at radius 1 is 1.00 bits per heavy atom. The van der Waals surface area contributed by atoms with Crippen molar-refractivity contribution in [2.24, 2.45) is 0 Å². The van der Waals surface area contributed by atoms with Crippen molar-refractivity contribution in [3.05, 3.63) is 28.9 Å². The van der Waals surface area contributed by atoms with Crippen molar-refractivity contribution in [2.45, 2.75) is 38.0 Å². The molecule has 2 unspecified atom stereocenters. The summed E-state index contributed by atoms with van der Waals surface area (Å²) in [5.41, 5.74) is 0. The number of hydrogen-bond donors (Lipinski definition) is 2. The van der Waals surface area contributed by atoms with Gasteiger partial charge in [-0.3, -0.25) is 9.59 Å². The Kier molecular flexibility index (Phi) is 14.0. The molecule has 0 aromatic rings. The van der Waals surface area contributed by atoms with Gasteiger partial charge in [-0.05, 0) is 6.17 Å². The molecule has 128 valence electrons. The average Bonchev–Trinajstić information content (AvgIpc) is 2.41. The number of amides is 2. The fourth-order valence-corrected chi connectivity index (χ4v) is 1.99. The van der Waals surface area contributed by atoms with E-state index in [4.69, 9.17) is 0 Å². The Morgan fingerprint density at radius 3 is 2.29 bits per heavy atom. The first kappa shape index (κ1) is 23.3. The molecule has 0 aliphatic carbocycles. The number of nitrogens with one attached hydrogen (secondary N) is 2. The molecule has 2 atom stereocenters. The summed E-state index contributed by atoms with van der Waals surface area (Å²) in [6.45, 7) is 1.44. The largest absolute Gasteiger partial charge is 1.00 e. The molecule has 0 aromatic heterocycles. The van der Waals surface area contributed by atoms with E-state index in [9.17, 15) is 9.59 Å². The molecule has 21 heavy (non-hydrogen) atoms. The molecular formula is C12H20Ag2N5O2-. The molecule has 2 amide bonds. The number of rotatable bonds is 2. The standard InChI is InChI=1S/C12H18N4O2.2Ag.H2N/c17-11(15-9-5-1-3-7-13-9)12(18)16-10-6-2-4-8-14-10;;;/h1,5,9-10H,2-4,6-8H2,(H,15,17)(H,16,18);;;1H2/q-2;2*+1;-1. The van der Waals surface area contributed by atoms with Crippen LogP contribution in [0.2, 0.25) is 0 Å². The van der Waals surface area contributed by atoms with E-state index in [0.717, 1.165) is 32.2 Å². The summed E-state index contributed by atoms with van der Waals surface area (Å²) in [6.07, 6.45) is 6.95. The minimum absolute atomic E-state index is 0. The third-order valence-electron chi connectivity index (χ3n) is 2.96. The van der Waals surface area contributed by atoms with Crippen molar-refractivity contribution in [3.63, 3.8) is 0 Å². The van der Waals surface area contributed by atoms with Crippen LogP contribution in [0.3, 0.4) is 0 Å². The van der Waals surface area contributed by atoms with Crippen LogP contribution in [0.15, 0.2) is 12.2 Å². The Balaban J connectivity index is 0. The topological polar surface area (TPSA) is 120 Å². The predicted molar refractivity (Wildman–Crippen MR) is 73.2 cm³/mol. The molecule has 9 heteroatoms. The van der Waals surface area contributed by atoms with Gasteiger partial charge in [-0.15, -0.1) is 13.1 Å². The molecule has 1 fully saturated rings. The van der Waals surface area contributed by atoms with Gasteiger partial charge >= 0.3 is 56.6 Å². The van der Waals surface area contributed by atoms with Gasteiger partial charge in [0.05, 0.1) is 0 Å². The third kappa shape index (κ3) is 8.30. The van der Waals surface area contributed by atoms with E-state index in [1.807, 2.05) is 6.08 Å². The summed E-state index contributed by atoms with van der Waals surface area (Å²) < 4.78 is 0. The van der Waals surface area contributed by atoms with Crippen molar-refractivity contribution in [3.8, 4) is 0 Å². The van der Waals surface area contributed by atoms with Crippen LogP contribution in [0.1, 0.15) is 25.7 Å². The minimum atomic E-state index is -0.643. The van der Waals surface area contributed by atoms with E-state index >= 15 is 0 Å². The van der Waals surface area contributed by atoms with Crippen LogP contribution in [-0.4, -0.2) is 37.2 Å². The molecule has 2 aliphatic rings. The Morgan fingerprint density at radius 2 is 1.71 bits per heavy atom. The second kappa shape index (κ2) is 12.6. The van der Waals surface area contributed by atoms with Crippen LogP contribution in [0, 0.1) is 0 Å². The zero-order valence-electron chi connectivity index (χ0n) is 11.4. The fraction of sp³-hybridized carbons (Fsp3) is 0.667. The van der Waals surface area contributed by atoms with Gasteiger partial charge < -0.3 is 27.4 Å². The predicted octanol–water partition coefficient (Wildman–Crippen LogP) is 1.47. The summed E-state index contributed by atoms with van der Waals surface area (Å²) in [4.78, 5) is 23.3. The first-order valence-corrected chi connectivity index (χ1v) is 6.37. The quantitative estimate of drug-likeness (QED) is 0.352. The molecular weight excluding hydrogens is 462 g/mol. The van der Waals surface area contributed by atoms with Crippen molar-refractivity contribution >= 4 is 11.8 Å². The van der Waals surface area contributed by atoms with Crippen LogP contribution < -0.4 is 10.6 Å². The van der Waals surface area contributed by atoms with Crippen molar-refractivity contribution in [1.82, 2.24) is 10.6 Å². The molecule has 2 rings (SSSR count). The van der Waals surface area contributed by atoms with E-state index in [-0.39, 0.29) is 63.2 Å². The van der Waals surface area contributed by atoms with Gasteiger partial charge in [0.15, 0.2) is 0 Å². The molecule has 2 aliphatic heterocycles. The molecule has 2 heterocycles. The first-order valence-electron chi connectivity index (χ1n) is 6.37. The second-order valence-corrected chi connectivity index (χ2v) is 4.43. The minimum Gasteiger partial charge on any atom is -0.693 e. The maximum Gasteiger partial charge on any atom is 1.00 e. The van der Waals surface area contributed by atoms with Gasteiger partial charge in [-0.25, -0.2) is 0 Å². The summed E-state index contributed by atoms with van der Waals surface area (Å²) in [5.74, 6) is -1.27. The van der Waals surface area contributed by atoms with Gasteiger partial charge in [-0.1, -0.05) is 44.0 Å². The summed E-state index contributed by atoms with van der Waals surface area (Å²) >= 11 is 0. The summed E-state index contributed by atoms with van der Waals surface area (Å²) in [7, 11) is 0. The second-order valence-electron chi connectivity index (χ2n) is 4.43. The van der Waals surface area contributed by atoms with Crippen molar-refractivity contribution in [2.75, 3.05) is 13.1 Å². The normalized spacial score (nSPS) is 23.6. The zero-order valence-corrected chi connectivity index (χ0v) is 14.4. The smallest absolute Gasteiger partial charge is 0.693 e. The Hall–Kier alpha value is 0.0405. The number of nitrogens with zero attached hydrogens (tertiary/aromatic N) is 2. The third-order valence-corrected chi connectivity index (χ3v) is 2.96. The number of carbonyl (C=O) groups excluding carboxylic acids is 2. The van der Waals surface area contributed by atoms with E-state index in [1.54, 1.807) is 6.08 Å². The Bertz CT molecular complexity index is 349. The van der Waals surface area contributed by atoms with Crippen LogP contribution in [0.25, 0.3) is 16.8 Å². The van der Waals surface area contributed by atoms with Crippen LogP contribution in [0.5, 0.6) is 0 Å². The van der Waals surface area contributed by atoms with Gasteiger partial charge in [0.25, 0.3) is 0 Å². The summed E-state index contributed by atoms with van der Waals surface area (Å²) in [5, 5.41) is 13.6. The molecule has 1 saturated heterocycles. The number of nitrogens with two attached hydrogens (primary N) is 1. The van der Waals surface area contributed by atoms with Gasteiger partial charge in [0.1, 0.15) is 0 Å². The van der Waals surface area contributed by atoms with Gasteiger partial charge in [0.2, 0.25) is 0 Å². The average molecular weight is 482 g/mol. The molecule has 4 N–H and O–H groups in total. The Labute approximate surface area is 156 Å². The van der Waals surface area contributed by atoms with Crippen LogP contribution in [-0.2, 0) is 54.3 Å². The number of piperidine rings is 1. The van der Waals surface area contributed by atoms with E-state index < -0.39 is 11.8 Å². The molecule has 0 spiro atoms. The number of carbonyl (C=O) groups is 2. The monoisotopic (exact) mass is 480 g/mol. The summed E-state index contributed by atoms with van der Waals surface area (Å²) in [6, 6.07) is 0. The molecule has 0 radical (unpaired) electrons. The van der Waals surface area contributed by atoms with E-state index in [2.05, 4.69) is 21.3 Å². The van der Waals surface area contributed by atoms with E-state index in [1.165, 1.54) is 0 Å². The van der Waals surface area contributed by atoms with Crippen LogP contribution >= 0.6 is 0 Å². The molecule has 0 aromatic carbocycles. The van der Waals surface area contributed by atoms with Gasteiger partial charge in [-0.2, -0.15) is 0 Å². The number of hydrogen-bond acceptors (Lipinski definition) is 2. The maximum atomic E-state index is 11.6. The van der Waals surface area contributed by atoms with Gasteiger partial charge in [0, 0.05) is 0 Å². The molecule has 7 nitrogen and oxygen atoms in total.